The van der Waals surface area contributed by atoms with Gasteiger partial charge in [0.1, 0.15) is 17.3 Å². The number of hydrogen-bond acceptors (Lipinski definition) is 5. The van der Waals surface area contributed by atoms with E-state index in [0.717, 1.165) is 0 Å². The second-order valence-corrected chi connectivity index (χ2v) is 6.98. The predicted molar refractivity (Wildman–Crippen MR) is 117 cm³/mol. The summed E-state index contributed by atoms with van der Waals surface area (Å²) < 4.78 is 10.7. The summed E-state index contributed by atoms with van der Waals surface area (Å²) in [5.41, 5.74) is 1.58. The molecule has 0 saturated carbocycles. The molecule has 3 aromatic carbocycles. The van der Waals surface area contributed by atoms with Crippen LogP contribution >= 0.6 is 0 Å². The molecule has 0 unspecified atom stereocenters. The fraction of sp³-hybridized carbons (Fsp3) is 0.120. The first-order valence-corrected chi connectivity index (χ1v) is 9.70. The van der Waals surface area contributed by atoms with E-state index >= 15 is 0 Å². The van der Waals surface area contributed by atoms with Gasteiger partial charge in [0.15, 0.2) is 0 Å². The monoisotopic (exact) mass is 415 g/mol. The molecule has 6 nitrogen and oxygen atoms in total. The van der Waals surface area contributed by atoms with Gasteiger partial charge < -0.3 is 14.6 Å². The van der Waals surface area contributed by atoms with Crippen molar-refractivity contribution in [3.63, 3.8) is 0 Å². The number of carbonyl (C=O) groups excluding carboxylic acids is 2. The molecule has 156 valence electrons. The third kappa shape index (κ3) is 3.53. The molecule has 0 aliphatic carbocycles. The minimum absolute atomic E-state index is 0.0206. The van der Waals surface area contributed by atoms with Gasteiger partial charge in [0.25, 0.3) is 11.7 Å². The number of benzene rings is 3. The highest BCUT2D eigenvalue weighted by Gasteiger charge is 2.47. The van der Waals surface area contributed by atoms with Crippen LogP contribution in [0.25, 0.3) is 5.76 Å². The van der Waals surface area contributed by atoms with E-state index in [1.165, 1.54) is 12.0 Å². The van der Waals surface area contributed by atoms with Crippen LogP contribution in [-0.4, -0.2) is 31.0 Å². The van der Waals surface area contributed by atoms with Crippen molar-refractivity contribution >= 4 is 23.1 Å². The molecule has 31 heavy (non-hydrogen) atoms. The van der Waals surface area contributed by atoms with E-state index in [2.05, 4.69) is 0 Å². The summed E-state index contributed by atoms with van der Waals surface area (Å²) >= 11 is 0. The average molecular weight is 415 g/mol. The SMILES string of the molecule is COc1ccc([C@@H]2C(=C(O)c3ccccc3)C(=O)C(=O)N2c2ccccc2OC)cc1. The van der Waals surface area contributed by atoms with Gasteiger partial charge in [-0.1, -0.05) is 54.6 Å². The molecular weight excluding hydrogens is 394 g/mol. The number of para-hydroxylation sites is 2. The van der Waals surface area contributed by atoms with Crippen molar-refractivity contribution in [1.82, 2.24) is 0 Å². The van der Waals surface area contributed by atoms with Crippen LogP contribution in [0, 0.1) is 0 Å². The summed E-state index contributed by atoms with van der Waals surface area (Å²) in [5.74, 6) is -0.628. The zero-order chi connectivity index (χ0) is 22.0. The molecular formula is C25H21NO5. The van der Waals surface area contributed by atoms with Gasteiger partial charge in [0, 0.05) is 5.56 Å². The first-order chi connectivity index (χ1) is 15.1. The summed E-state index contributed by atoms with van der Waals surface area (Å²) in [4.78, 5) is 27.7. The molecule has 1 heterocycles. The van der Waals surface area contributed by atoms with Crippen LogP contribution in [-0.2, 0) is 9.59 Å². The van der Waals surface area contributed by atoms with Crippen LogP contribution in [0.1, 0.15) is 17.2 Å². The van der Waals surface area contributed by atoms with Crippen LogP contribution in [0.4, 0.5) is 5.69 Å². The molecule has 0 spiro atoms. The average Bonchev–Trinajstić information content (AvgIpc) is 3.09. The zero-order valence-corrected chi connectivity index (χ0v) is 17.1. The maximum absolute atomic E-state index is 13.2. The molecule has 6 heteroatoms. The second-order valence-electron chi connectivity index (χ2n) is 6.98. The normalized spacial score (nSPS) is 17.6. The van der Waals surface area contributed by atoms with Crippen LogP contribution in [0.5, 0.6) is 11.5 Å². The Balaban J connectivity index is 1.96. The fourth-order valence-electron chi connectivity index (χ4n) is 3.76. The van der Waals surface area contributed by atoms with Gasteiger partial charge in [-0.3, -0.25) is 14.5 Å². The standard InChI is InChI=1S/C25H21NO5/c1-30-18-14-12-16(13-15-18)22-21(23(27)17-8-4-3-5-9-17)24(28)25(29)26(22)19-10-6-7-11-20(19)31-2/h3-15,22,27H,1-2H3/t22-/m1/s1. The van der Waals surface area contributed by atoms with Crippen molar-refractivity contribution in [3.8, 4) is 11.5 Å². The molecule has 1 aliphatic rings. The highest BCUT2D eigenvalue weighted by Crippen LogP contribution is 2.45. The van der Waals surface area contributed by atoms with Crippen molar-refractivity contribution in [2.24, 2.45) is 0 Å². The number of aliphatic hydroxyl groups is 1. The number of anilines is 1. The molecule has 1 atom stereocenters. The van der Waals surface area contributed by atoms with E-state index in [1.807, 2.05) is 6.07 Å². The maximum Gasteiger partial charge on any atom is 0.300 e. The molecule has 1 amide bonds. The first kappa shape index (κ1) is 20.2. The maximum atomic E-state index is 13.2. The van der Waals surface area contributed by atoms with Gasteiger partial charge in [0.05, 0.1) is 31.5 Å². The number of methoxy groups -OCH3 is 2. The molecule has 3 aromatic rings. The summed E-state index contributed by atoms with van der Waals surface area (Å²) in [6, 6.07) is 21.9. The molecule has 0 aromatic heterocycles. The number of hydrogen-bond donors (Lipinski definition) is 1. The third-order valence-electron chi connectivity index (χ3n) is 5.27. The number of aliphatic hydroxyl groups excluding tert-OH is 1. The molecule has 1 N–H and O–H groups in total. The van der Waals surface area contributed by atoms with Gasteiger partial charge >= 0.3 is 0 Å². The Bertz CT molecular complexity index is 1150. The van der Waals surface area contributed by atoms with Crippen LogP contribution in [0.2, 0.25) is 0 Å². The number of rotatable bonds is 5. The van der Waals surface area contributed by atoms with E-state index in [0.29, 0.717) is 28.3 Å². The number of ether oxygens (including phenoxy) is 2. The van der Waals surface area contributed by atoms with Crippen molar-refractivity contribution in [1.29, 1.82) is 0 Å². The Morgan fingerprint density at radius 1 is 0.839 bits per heavy atom. The lowest BCUT2D eigenvalue weighted by Gasteiger charge is -2.26. The molecule has 0 radical (unpaired) electrons. The lowest BCUT2D eigenvalue weighted by molar-refractivity contribution is -0.132. The van der Waals surface area contributed by atoms with Crippen molar-refractivity contribution in [2.75, 3.05) is 19.1 Å². The lowest BCUT2D eigenvalue weighted by atomic mass is 9.95. The van der Waals surface area contributed by atoms with Crippen LogP contribution in [0.3, 0.4) is 0 Å². The quantitative estimate of drug-likeness (QED) is 0.381. The van der Waals surface area contributed by atoms with Gasteiger partial charge in [-0.25, -0.2) is 0 Å². The first-order valence-electron chi connectivity index (χ1n) is 9.70. The van der Waals surface area contributed by atoms with E-state index in [4.69, 9.17) is 9.47 Å². The molecule has 0 bridgehead atoms. The van der Waals surface area contributed by atoms with Gasteiger partial charge in [-0.05, 0) is 29.8 Å². The Morgan fingerprint density at radius 3 is 2.13 bits per heavy atom. The van der Waals surface area contributed by atoms with E-state index in [9.17, 15) is 14.7 Å². The summed E-state index contributed by atoms with van der Waals surface area (Å²) in [7, 11) is 3.06. The van der Waals surface area contributed by atoms with Gasteiger partial charge in [-0.15, -0.1) is 0 Å². The van der Waals surface area contributed by atoms with Crippen molar-refractivity contribution < 1.29 is 24.2 Å². The number of carbonyl (C=O) groups is 2. The topological polar surface area (TPSA) is 76.1 Å². The van der Waals surface area contributed by atoms with Crippen LogP contribution in [0.15, 0.2) is 84.4 Å². The Morgan fingerprint density at radius 2 is 1.48 bits per heavy atom. The second kappa shape index (κ2) is 8.36. The minimum Gasteiger partial charge on any atom is -0.507 e. The largest absolute Gasteiger partial charge is 0.507 e. The van der Waals surface area contributed by atoms with Crippen molar-refractivity contribution in [3.05, 3.63) is 95.6 Å². The highest BCUT2D eigenvalue weighted by atomic mass is 16.5. The van der Waals surface area contributed by atoms with Gasteiger partial charge in [-0.2, -0.15) is 0 Å². The number of ketones is 1. The summed E-state index contributed by atoms with van der Waals surface area (Å²) in [5, 5.41) is 11.1. The molecule has 1 aliphatic heterocycles. The van der Waals surface area contributed by atoms with E-state index in [1.54, 1.807) is 79.9 Å². The highest BCUT2D eigenvalue weighted by molar-refractivity contribution is 6.51. The van der Waals surface area contributed by atoms with Crippen LogP contribution < -0.4 is 14.4 Å². The minimum atomic E-state index is -0.831. The number of Topliss-reactive ketones (excluding diaryl/α,β-unsaturated/α-hetero) is 1. The summed E-state index contributed by atoms with van der Waals surface area (Å²) in [6.07, 6.45) is 0. The number of amides is 1. The van der Waals surface area contributed by atoms with Crippen molar-refractivity contribution in [2.45, 2.75) is 6.04 Å². The Hall–Kier alpha value is -4.06. The lowest BCUT2D eigenvalue weighted by Crippen LogP contribution is -2.29. The molecule has 1 fully saturated rings. The van der Waals surface area contributed by atoms with Gasteiger partial charge in [0.2, 0.25) is 0 Å². The molecule has 4 rings (SSSR count). The van der Waals surface area contributed by atoms with E-state index < -0.39 is 17.7 Å². The van der Waals surface area contributed by atoms with E-state index in [-0.39, 0.29) is 11.3 Å². The molecule has 1 saturated heterocycles. The Labute approximate surface area is 180 Å². The smallest absolute Gasteiger partial charge is 0.300 e. The number of nitrogens with zero attached hydrogens (tertiary/aromatic N) is 1. The zero-order valence-electron chi connectivity index (χ0n) is 17.1. The fourth-order valence-corrected chi connectivity index (χ4v) is 3.76. The summed E-state index contributed by atoms with van der Waals surface area (Å²) in [6.45, 7) is 0. The Kier molecular flexibility index (Phi) is 5.45. The third-order valence-corrected chi connectivity index (χ3v) is 5.27. The predicted octanol–water partition coefficient (Wildman–Crippen LogP) is 4.33.